The standard InChI is InChI=1S/C27H43N3O/c1-20-9-8-10-21(2)29(20)15-6-3-7-16-30-26-12-5-4-11-23(26)19-24(27(30)31)17-22-13-14-25(28)18-22/h4-5,11-12,20-22,24-25H,3,6-10,13-19,28H2,1-2H3/t20-,21+,22?,24?,25?. The van der Waals surface area contributed by atoms with Crippen molar-refractivity contribution in [1.29, 1.82) is 0 Å². The minimum absolute atomic E-state index is 0.139. The number of hydrogen-bond acceptors (Lipinski definition) is 3. The molecule has 31 heavy (non-hydrogen) atoms. The summed E-state index contributed by atoms with van der Waals surface area (Å²) in [6.07, 6.45) is 12.9. The molecule has 0 radical (unpaired) electrons. The van der Waals surface area contributed by atoms with Crippen LogP contribution < -0.4 is 10.6 Å². The van der Waals surface area contributed by atoms with Crippen molar-refractivity contribution in [2.24, 2.45) is 17.6 Å². The Balaban J connectivity index is 1.31. The number of nitrogens with two attached hydrogens (primary N) is 1. The maximum atomic E-state index is 13.4. The van der Waals surface area contributed by atoms with E-state index in [0.717, 1.165) is 56.4 Å². The van der Waals surface area contributed by atoms with Crippen LogP contribution in [0, 0.1) is 11.8 Å². The third-order valence-electron chi connectivity index (χ3n) is 8.24. The Bertz CT molecular complexity index is 725. The average molecular weight is 426 g/mol. The molecule has 4 rings (SSSR count). The van der Waals surface area contributed by atoms with Gasteiger partial charge in [-0.2, -0.15) is 0 Å². The SMILES string of the molecule is C[C@@H]1CCC[C@H](C)N1CCCCCN1C(=O)C(CC2CCC(N)C2)Cc2ccccc21. The van der Waals surface area contributed by atoms with Gasteiger partial charge >= 0.3 is 0 Å². The van der Waals surface area contributed by atoms with Gasteiger partial charge in [0.25, 0.3) is 0 Å². The van der Waals surface area contributed by atoms with Crippen molar-refractivity contribution in [3.63, 3.8) is 0 Å². The van der Waals surface area contributed by atoms with Crippen LogP contribution in [0.2, 0.25) is 0 Å². The number of carbonyl (C=O) groups is 1. The molecular weight excluding hydrogens is 382 g/mol. The number of benzene rings is 1. The smallest absolute Gasteiger partial charge is 0.230 e. The maximum Gasteiger partial charge on any atom is 0.230 e. The van der Waals surface area contributed by atoms with Crippen LogP contribution in [0.4, 0.5) is 5.69 Å². The van der Waals surface area contributed by atoms with Crippen molar-refractivity contribution in [2.75, 3.05) is 18.0 Å². The van der Waals surface area contributed by atoms with Crippen molar-refractivity contribution in [2.45, 2.75) is 103 Å². The molecule has 0 bridgehead atoms. The highest BCUT2D eigenvalue weighted by Gasteiger charge is 2.35. The van der Waals surface area contributed by atoms with E-state index in [1.54, 1.807) is 0 Å². The van der Waals surface area contributed by atoms with Gasteiger partial charge in [-0.25, -0.2) is 0 Å². The van der Waals surface area contributed by atoms with Crippen LogP contribution in [0.1, 0.15) is 83.6 Å². The molecule has 1 saturated heterocycles. The Morgan fingerprint density at radius 3 is 2.45 bits per heavy atom. The number of carbonyl (C=O) groups excluding carboxylic acids is 1. The molecule has 2 heterocycles. The van der Waals surface area contributed by atoms with Gasteiger partial charge in [0, 0.05) is 36.3 Å². The second-order valence-electron chi connectivity index (χ2n) is 10.6. The van der Waals surface area contributed by atoms with Crippen LogP contribution in [0.15, 0.2) is 24.3 Å². The Labute approximate surface area is 189 Å². The fraction of sp³-hybridized carbons (Fsp3) is 0.741. The zero-order valence-electron chi connectivity index (χ0n) is 19.8. The van der Waals surface area contributed by atoms with Crippen molar-refractivity contribution in [1.82, 2.24) is 4.90 Å². The number of anilines is 1. The van der Waals surface area contributed by atoms with E-state index in [9.17, 15) is 4.79 Å². The summed E-state index contributed by atoms with van der Waals surface area (Å²) in [5.74, 6) is 1.13. The molecule has 3 unspecified atom stereocenters. The lowest BCUT2D eigenvalue weighted by atomic mass is 9.84. The van der Waals surface area contributed by atoms with Crippen LogP contribution in [-0.2, 0) is 11.2 Å². The van der Waals surface area contributed by atoms with Gasteiger partial charge in [-0.3, -0.25) is 9.69 Å². The predicted octanol–water partition coefficient (Wildman–Crippen LogP) is 5.14. The van der Waals surface area contributed by atoms with Crippen molar-refractivity contribution in [3.8, 4) is 0 Å². The van der Waals surface area contributed by atoms with E-state index >= 15 is 0 Å². The highest BCUT2D eigenvalue weighted by atomic mass is 16.2. The minimum Gasteiger partial charge on any atom is -0.328 e. The topological polar surface area (TPSA) is 49.6 Å². The first kappa shape index (κ1) is 22.8. The second-order valence-corrected chi connectivity index (χ2v) is 10.6. The maximum absolute atomic E-state index is 13.4. The van der Waals surface area contributed by atoms with E-state index < -0.39 is 0 Å². The van der Waals surface area contributed by atoms with Gasteiger partial charge in [0.1, 0.15) is 0 Å². The zero-order chi connectivity index (χ0) is 21.8. The third kappa shape index (κ3) is 5.51. The fourth-order valence-electron chi connectivity index (χ4n) is 6.44. The lowest BCUT2D eigenvalue weighted by Gasteiger charge is -2.39. The van der Waals surface area contributed by atoms with Gasteiger partial charge in [0.15, 0.2) is 0 Å². The number of nitrogens with zero attached hydrogens (tertiary/aromatic N) is 2. The number of rotatable bonds is 8. The number of para-hydroxylation sites is 1. The van der Waals surface area contributed by atoms with Crippen LogP contribution in [0.25, 0.3) is 0 Å². The molecule has 0 spiro atoms. The fourth-order valence-corrected chi connectivity index (χ4v) is 6.44. The first-order chi connectivity index (χ1) is 15.0. The summed E-state index contributed by atoms with van der Waals surface area (Å²) in [6, 6.07) is 10.4. The van der Waals surface area contributed by atoms with Crippen LogP contribution in [-0.4, -0.2) is 42.0 Å². The molecule has 2 fully saturated rings. The van der Waals surface area contributed by atoms with E-state index in [-0.39, 0.29) is 5.92 Å². The number of unbranched alkanes of at least 4 members (excludes halogenated alkanes) is 2. The van der Waals surface area contributed by atoms with Crippen molar-refractivity contribution in [3.05, 3.63) is 29.8 Å². The number of hydrogen-bond donors (Lipinski definition) is 1. The molecule has 1 saturated carbocycles. The van der Waals surface area contributed by atoms with E-state index in [4.69, 9.17) is 5.73 Å². The van der Waals surface area contributed by atoms with Gasteiger partial charge in [0.2, 0.25) is 5.91 Å². The number of amides is 1. The summed E-state index contributed by atoms with van der Waals surface area (Å²) in [7, 11) is 0. The molecule has 5 atom stereocenters. The number of fused-ring (bicyclic) bond motifs is 1. The molecule has 3 aliphatic rings. The van der Waals surface area contributed by atoms with Gasteiger partial charge < -0.3 is 10.6 Å². The van der Waals surface area contributed by atoms with Crippen LogP contribution >= 0.6 is 0 Å². The second kappa shape index (κ2) is 10.5. The Hall–Kier alpha value is -1.39. The van der Waals surface area contributed by atoms with E-state index in [0.29, 0.717) is 17.9 Å². The summed E-state index contributed by atoms with van der Waals surface area (Å²) in [6.45, 7) is 6.84. The summed E-state index contributed by atoms with van der Waals surface area (Å²) in [4.78, 5) is 18.3. The van der Waals surface area contributed by atoms with Gasteiger partial charge in [-0.1, -0.05) is 31.0 Å². The minimum atomic E-state index is 0.139. The Morgan fingerprint density at radius 1 is 0.968 bits per heavy atom. The van der Waals surface area contributed by atoms with Crippen LogP contribution in [0.3, 0.4) is 0 Å². The third-order valence-corrected chi connectivity index (χ3v) is 8.24. The molecular formula is C27H43N3O. The summed E-state index contributed by atoms with van der Waals surface area (Å²) in [5.41, 5.74) is 8.64. The van der Waals surface area contributed by atoms with Gasteiger partial charge in [-0.05, 0) is 95.7 Å². The normalized spacial score (nSPS) is 31.8. The molecule has 1 aromatic rings. The summed E-state index contributed by atoms with van der Waals surface area (Å²) in [5, 5.41) is 0. The Kier molecular flexibility index (Phi) is 7.71. The van der Waals surface area contributed by atoms with Crippen molar-refractivity contribution >= 4 is 11.6 Å². The molecule has 1 amide bonds. The highest BCUT2D eigenvalue weighted by molar-refractivity contribution is 5.98. The van der Waals surface area contributed by atoms with Gasteiger partial charge in [0.05, 0.1) is 0 Å². The molecule has 1 aromatic carbocycles. The molecule has 0 aromatic heterocycles. The lowest BCUT2D eigenvalue weighted by molar-refractivity contribution is -0.123. The van der Waals surface area contributed by atoms with Crippen LogP contribution in [0.5, 0.6) is 0 Å². The quantitative estimate of drug-likeness (QED) is 0.587. The molecule has 2 N–H and O–H groups in total. The molecule has 172 valence electrons. The highest BCUT2D eigenvalue weighted by Crippen LogP contribution is 2.37. The van der Waals surface area contributed by atoms with E-state index in [1.165, 1.54) is 50.6 Å². The average Bonchev–Trinajstić information content (AvgIpc) is 3.16. The first-order valence-electron chi connectivity index (χ1n) is 12.9. The van der Waals surface area contributed by atoms with E-state index in [1.807, 2.05) is 0 Å². The molecule has 4 nitrogen and oxygen atoms in total. The Morgan fingerprint density at radius 2 is 1.71 bits per heavy atom. The van der Waals surface area contributed by atoms with Gasteiger partial charge in [-0.15, -0.1) is 0 Å². The first-order valence-corrected chi connectivity index (χ1v) is 12.9. The van der Waals surface area contributed by atoms with E-state index in [2.05, 4.69) is 47.9 Å². The summed E-state index contributed by atoms with van der Waals surface area (Å²) < 4.78 is 0. The largest absolute Gasteiger partial charge is 0.328 e. The number of piperidine rings is 1. The monoisotopic (exact) mass is 425 g/mol. The molecule has 4 heteroatoms. The molecule has 2 aliphatic heterocycles. The summed E-state index contributed by atoms with van der Waals surface area (Å²) >= 11 is 0. The molecule has 1 aliphatic carbocycles. The predicted molar refractivity (Wildman–Crippen MR) is 129 cm³/mol. The lowest BCUT2D eigenvalue weighted by Crippen LogP contribution is -2.44. The number of likely N-dealkylation sites (tertiary alicyclic amines) is 1. The zero-order valence-corrected chi connectivity index (χ0v) is 19.8. The van der Waals surface area contributed by atoms with Crippen molar-refractivity contribution < 1.29 is 4.79 Å².